The zero-order valence-corrected chi connectivity index (χ0v) is 14.3. The summed E-state index contributed by atoms with van der Waals surface area (Å²) in [5.74, 6) is 0. The highest BCUT2D eigenvalue weighted by molar-refractivity contribution is 7.89. The van der Waals surface area contributed by atoms with Crippen molar-refractivity contribution in [2.24, 2.45) is 0 Å². The fourth-order valence-electron chi connectivity index (χ4n) is 2.07. The standard InChI is InChI=1S/C15H20ClN3O2S/c1-3-13-5-7-14(8-6-13)22(20,21)18-9-4-10-19-12(2)15(16)11-17-19/h5-8,11,18H,3-4,9-10H2,1-2H3. The van der Waals surface area contributed by atoms with Crippen LogP contribution in [0, 0.1) is 6.92 Å². The molecule has 0 aliphatic heterocycles. The van der Waals surface area contributed by atoms with Crippen molar-refractivity contribution in [3.63, 3.8) is 0 Å². The van der Waals surface area contributed by atoms with Crippen molar-refractivity contribution in [3.8, 4) is 0 Å². The van der Waals surface area contributed by atoms with Crippen LogP contribution < -0.4 is 4.72 Å². The summed E-state index contributed by atoms with van der Waals surface area (Å²) in [5, 5.41) is 4.76. The van der Waals surface area contributed by atoms with E-state index in [-0.39, 0.29) is 0 Å². The van der Waals surface area contributed by atoms with Crippen molar-refractivity contribution >= 4 is 21.6 Å². The zero-order valence-electron chi connectivity index (χ0n) is 12.7. The fourth-order valence-corrected chi connectivity index (χ4v) is 3.29. The van der Waals surface area contributed by atoms with Crippen molar-refractivity contribution in [1.29, 1.82) is 0 Å². The molecule has 7 heteroatoms. The number of hydrogen-bond donors (Lipinski definition) is 1. The van der Waals surface area contributed by atoms with E-state index in [4.69, 9.17) is 11.6 Å². The van der Waals surface area contributed by atoms with Crippen LogP contribution in [0.25, 0.3) is 0 Å². The number of aryl methyl sites for hydroxylation is 2. The van der Waals surface area contributed by atoms with Crippen LogP contribution in [0.4, 0.5) is 0 Å². The Morgan fingerprint density at radius 1 is 1.27 bits per heavy atom. The number of rotatable bonds is 7. The van der Waals surface area contributed by atoms with Gasteiger partial charge in [-0.15, -0.1) is 0 Å². The van der Waals surface area contributed by atoms with E-state index in [0.717, 1.165) is 17.7 Å². The first-order valence-electron chi connectivity index (χ1n) is 7.20. The van der Waals surface area contributed by atoms with Crippen LogP contribution in [-0.4, -0.2) is 24.7 Å². The van der Waals surface area contributed by atoms with Gasteiger partial charge in [0.1, 0.15) is 0 Å². The monoisotopic (exact) mass is 341 g/mol. The van der Waals surface area contributed by atoms with Gasteiger partial charge in [-0.3, -0.25) is 4.68 Å². The molecule has 0 saturated carbocycles. The largest absolute Gasteiger partial charge is 0.268 e. The van der Waals surface area contributed by atoms with Crippen molar-refractivity contribution in [2.45, 2.75) is 38.1 Å². The highest BCUT2D eigenvalue weighted by atomic mass is 35.5. The molecule has 0 spiro atoms. The molecule has 0 aliphatic rings. The van der Waals surface area contributed by atoms with Gasteiger partial charge in [0.25, 0.3) is 0 Å². The van der Waals surface area contributed by atoms with E-state index >= 15 is 0 Å². The molecular weight excluding hydrogens is 322 g/mol. The van der Waals surface area contributed by atoms with Crippen molar-refractivity contribution in [1.82, 2.24) is 14.5 Å². The molecule has 1 aromatic carbocycles. The molecule has 0 atom stereocenters. The Balaban J connectivity index is 1.88. The van der Waals surface area contributed by atoms with Gasteiger partial charge >= 0.3 is 0 Å². The van der Waals surface area contributed by atoms with Gasteiger partial charge in [0.05, 0.1) is 21.8 Å². The minimum atomic E-state index is -3.45. The Labute approximate surface area is 136 Å². The van der Waals surface area contributed by atoms with E-state index < -0.39 is 10.0 Å². The third-order valence-electron chi connectivity index (χ3n) is 3.52. The second-order valence-corrected chi connectivity index (χ2v) is 7.22. The molecule has 120 valence electrons. The molecule has 0 radical (unpaired) electrons. The average molecular weight is 342 g/mol. The summed E-state index contributed by atoms with van der Waals surface area (Å²) < 4.78 is 28.7. The summed E-state index contributed by atoms with van der Waals surface area (Å²) in [4.78, 5) is 0.294. The van der Waals surface area contributed by atoms with Crippen LogP contribution in [0.15, 0.2) is 35.4 Å². The van der Waals surface area contributed by atoms with E-state index in [1.165, 1.54) is 0 Å². The van der Waals surface area contributed by atoms with Crippen LogP contribution in [0.5, 0.6) is 0 Å². The normalized spacial score (nSPS) is 11.8. The molecule has 0 amide bonds. The highest BCUT2D eigenvalue weighted by Crippen LogP contribution is 2.14. The molecule has 5 nitrogen and oxygen atoms in total. The smallest absolute Gasteiger partial charge is 0.240 e. The second kappa shape index (κ2) is 7.26. The number of hydrogen-bond acceptors (Lipinski definition) is 3. The summed E-state index contributed by atoms with van der Waals surface area (Å²) in [6, 6.07) is 6.95. The third-order valence-corrected chi connectivity index (χ3v) is 5.37. The van der Waals surface area contributed by atoms with Crippen LogP contribution >= 0.6 is 11.6 Å². The second-order valence-electron chi connectivity index (χ2n) is 5.05. The van der Waals surface area contributed by atoms with Crippen LogP contribution in [0.1, 0.15) is 24.6 Å². The van der Waals surface area contributed by atoms with Gasteiger partial charge in [-0.05, 0) is 37.5 Å². The summed E-state index contributed by atoms with van der Waals surface area (Å²) in [6.45, 7) is 4.89. The minimum absolute atomic E-state index is 0.294. The van der Waals surface area contributed by atoms with Crippen molar-refractivity contribution < 1.29 is 8.42 Å². The van der Waals surface area contributed by atoms with Gasteiger partial charge in [0.2, 0.25) is 10.0 Å². The lowest BCUT2D eigenvalue weighted by atomic mass is 10.2. The molecule has 22 heavy (non-hydrogen) atoms. The lowest BCUT2D eigenvalue weighted by Gasteiger charge is -2.08. The Bertz CT molecular complexity index is 724. The molecule has 0 saturated heterocycles. The van der Waals surface area contributed by atoms with E-state index in [2.05, 4.69) is 9.82 Å². The maximum atomic E-state index is 12.2. The molecule has 2 rings (SSSR count). The molecule has 0 aliphatic carbocycles. The lowest BCUT2D eigenvalue weighted by Crippen LogP contribution is -2.25. The maximum absolute atomic E-state index is 12.2. The first-order valence-corrected chi connectivity index (χ1v) is 9.06. The summed E-state index contributed by atoms with van der Waals surface area (Å²) >= 11 is 5.92. The predicted octanol–water partition coefficient (Wildman–Crippen LogP) is 2.78. The Morgan fingerprint density at radius 3 is 2.50 bits per heavy atom. The van der Waals surface area contributed by atoms with Crippen LogP contribution in [0.3, 0.4) is 0 Å². The van der Waals surface area contributed by atoms with Gasteiger partial charge in [-0.1, -0.05) is 30.7 Å². The van der Waals surface area contributed by atoms with Crippen LogP contribution in [0.2, 0.25) is 5.02 Å². The zero-order chi connectivity index (χ0) is 16.2. The quantitative estimate of drug-likeness (QED) is 0.787. The number of aromatic nitrogens is 2. The maximum Gasteiger partial charge on any atom is 0.240 e. The number of nitrogens with zero attached hydrogens (tertiary/aromatic N) is 2. The highest BCUT2D eigenvalue weighted by Gasteiger charge is 2.13. The molecule has 0 unspecified atom stereocenters. The summed E-state index contributed by atoms with van der Waals surface area (Å²) in [6.07, 6.45) is 3.13. The predicted molar refractivity (Wildman–Crippen MR) is 87.6 cm³/mol. The molecule has 1 N–H and O–H groups in total. The van der Waals surface area contributed by atoms with Gasteiger partial charge in [-0.25, -0.2) is 13.1 Å². The first kappa shape index (κ1) is 17.0. The molecular formula is C15H20ClN3O2S. The molecule has 0 fully saturated rings. The van der Waals surface area contributed by atoms with Crippen molar-refractivity contribution in [3.05, 3.63) is 46.7 Å². The van der Waals surface area contributed by atoms with Gasteiger partial charge in [-0.2, -0.15) is 5.10 Å². The van der Waals surface area contributed by atoms with E-state index in [1.54, 1.807) is 23.0 Å². The van der Waals surface area contributed by atoms with Crippen LogP contribution in [-0.2, 0) is 23.0 Å². The summed E-state index contributed by atoms with van der Waals surface area (Å²) in [5.41, 5.74) is 2.00. The number of sulfonamides is 1. The minimum Gasteiger partial charge on any atom is -0.268 e. The molecule has 0 bridgehead atoms. The SMILES string of the molecule is CCc1ccc(S(=O)(=O)NCCCn2ncc(Cl)c2C)cc1. The fraction of sp³-hybridized carbons (Fsp3) is 0.400. The number of halogens is 1. The molecule has 2 aromatic rings. The van der Waals surface area contributed by atoms with E-state index in [9.17, 15) is 8.42 Å². The van der Waals surface area contributed by atoms with E-state index in [0.29, 0.717) is 29.4 Å². The Hall–Kier alpha value is -1.37. The first-order chi connectivity index (χ1) is 10.4. The third kappa shape index (κ3) is 4.09. The van der Waals surface area contributed by atoms with Gasteiger partial charge in [0.15, 0.2) is 0 Å². The van der Waals surface area contributed by atoms with E-state index in [1.807, 2.05) is 26.0 Å². The lowest BCUT2D eigenvalue weighted by molar-refractivity contribution is 0.546. The molecule has 1 heterocycles. The molecule has 1 aromatic heterocycles. The number of benzene rings is 1. The number of nitrogens with one attached hydrogen (secondary N) is 1. The average Bonchev–Trinajstić information content (AvgIpc) is 2.83. The Morgan fingerprint density at radius 2 is 1.95 bits per heavy atom. The Kier molecular flexibility index (Phi) is 5.61. The van der Waals surface area contributed by atoms with Gasteiger partial charge < -0.3 is 0 Å². The summed E-state index contributed by atoms with van der Waals surface area (Å²) in [7, 11) is -3.45. The van der Waals surface area contributed by atoms with Crippen molar-refractivity contribution in [2.75, 3.05) is 6.54 Å². The topological polar surface area (TPSA) is 64.0 Å². The van der Waals surface area contributed by atoms with Gasteiger partial charge in [0, 0.05) is 13.1 Å².